The normalized spacial score (nSPS) is 16.2. The zero-order valence-electron chi connectivity index (χ0n) is 12.7. The molecule has 0 aliphatic carbocycles. The second-order valence-corrected chi connectivity index (χ2v) is 8.06. The molecule has 1 aromatic carbocycles. The van der Waals surface area contributed by atoms with Gasteiger partial charge in [-0.1, -0.05) is 0 Å². The summed E-state index contributed by atoms with van der Waals surface area (Å²) in [4.78, 5) is 14.2. The lowest BCUT2D eigenvalue weighted by Gasteiger charge is -2.20. The summed E-state index contributed by atoms with van der Waals surface area (Å²) in [7, 11) is -3.55. The minimum atomic E-state index is -3.55. The van der Waals surface area contributed by atoms with Crippen molar-refractivity contribution in [2.45, 2.75) is 44.0 Å². The Balaban J connectivity index is 2.17. The number of benzene rings is 1. The number of likely N-dealkylation sites (tertiary alicyclic amines) is 1. The van der Waals surface area contributed by atoms with Gasteiger partial charge < -0.3 is 4.90 Å². The van der Waals surface area contributed by atoms with Gasteiger partial charge in [-0.15, -0.1) is 0 Å². The van der Waals surface area contributed by atoms with Crippen LogP contribution in [0.15, 0.2) is 29.2 Å². The third-order valence-corrected chi connectivity index (χ3v) is 5.02. The molecule has 0 aromatic heterocycles. The van der Waals surface area contributed by atoms with E-state index in [2.05, 4.69) is 4.72 Å². The molecule has 0 spiro atoms. The number of hydrogen-bond acceptors (Lipinski definition) is 3. The molecule has 1 N–H and O–H groups in total. The first-order valence-electron chi connectivity index (χ1n) is 7.12. The van der Waals surface area contributed by atoms with Crippen LogP contribution in [0.3, 0.4) is 0 Å². The van der Waals surface area contributed by atoms with Gasteiger partial charge in [-0.2, -0.15) is 0 Å². The predicted molar refractivity (Wildman–Crippen MR) is 81.7 cm³/mol. The molecule has 1 aliphatic rings. The maximum atomic E-state index is 12.2. The van der Waals surface area contributed by atoms with Crippen molar-refractivity contribution in [2.24, 2.45) is 0 Å². The molecule has 5 nitrogen and oxygen atoms in total. The summed E-state index contributed by atoms with van der Waals surface area (Å²) in [6, 6.07) is 6.13. The van der Waals surface area contributed by atoms with Gasteiger partial charge in [-0.25, -0.2) is 13.1 Å². The SMILES string of the molecule is CC(C)(C)NS(=O)(=O)c1ccc(C(=O)N2CCCC2)cc1. The fourth-order valence-electron chi connectivity index (χ4n) is 2.34. The van der Waals surface area contributed by atoms with Crippen molar-refractivity contribution in [1.29, 1.82) is 0 Å². The molecule has 6 heteroatoms. The second-order valence-electron chi connectivity index (χ2n) is 6.38. The molecule has 1 saturated heterocycles. The molecule has 1 aromatic rings. The number of hydrogen-bond donors (Lipinski definition) is 1. The number of carbonyl (C=O) groups is 1. The van der Waals surface area contributed by atoms with Gasteiger partial charge in [-0.3, -0.25) is 4.79 Å². The highest BCUT2D eigenvalue weighted by atomic mass is 32.2. The van der Waals surface area contributed by atoms with E-state index >= 15 is 0 Å². The quantitative estimate of drug-likeness (QED) is 0.928. The highest BCUT2D eigenvalue weighted by molar-refractivity contribution is 7.89. The lowest BCUT2D eigenvalue weighted by Crippen LogP contribution is -2.40. The zero-order chi connectivity index (χ0) is 15.7. The third kappa shape index (κ3) is 4.04. The predicted octanol–water partition coefficient (Wildman–Crippen LogP) is 2.00. The van der Waals surface area contributed by atoms with Gasteiger partial charge in [0.15, 0.2) is 0 Å². The summed E-state index contributed by atoms with van der Waals surface area (Å²) in [5.41, 5.74) is -0.00492. The van der Waals surface area contributed by atoms with E-state index in [9.17, 15) is 13.2 Å². The molecule has 0 radical (unpaired) electrons. The second kappa shape index (κ2) is 5.77. The van der Waals surface area contributed by atoms with Gasteiger partial charge >= 0.3 is 0 Å². The smallest absolute Gasteiger partial charge is 0.253 e. The largest absolute Gasteiger partial charge is 0.339 e. The van der Waals surface area contributed by atoms with E-state index < -0.39 is 15.6 Å². The number of rotatable bonds is 3. The van der Waals surface area contributed by atoms with Crippen molar-refractivity contribution < 1.29 is 13.2 Å². The van der Waals surface area contributed by atoms with Crippen LogP contribution in [-0.4, -0.2) is 37.9 Å². The monoisotopic (exact) mass is 310 g/mol. The summed E-state index contributed by atoms with van der Waals surface area (Å²) < 4.78 is 26.9. The lowest BCUT2D eigenvalue weighted by atomic mass is 10.1. The van der Waals surface area contributed by atoms with Crippen LogP contribution in [0, 0.1) is 0 Å². The Kier molecular flexibility index (Phi) is 4.39. The van der Waals surface area contributed by atoms with Crippen LogP contribution in [0.4, 0.5) is 0 Å². The Morgan fingerprint density at radius 3 is 2.10 bits per heavy atom. The fraction of sp³-hybridized carbons (Fsp3) is 0.533. The van der Waals surface area contributed by atoms with Gasteiger partial charge in [0, 0.05) is 24.2 Å². The Bertz CT molecular complexity index is 609. The van der Waals surface area contributed by atoms with E-state index in [1.54, 1.807) is 37.8 Å². The highest BCUT2D eigenvalue weighted by Crippen LogP contribution is 2.17. The van der Waals surface area contributed by atoms with Crippen LogP contribution in [0.25, 0.3) is 0 Å². The average Bonchev–Trinajstić information content (AvgIpc) is 2.89. The van der Waals surface area contributed by atoms with Crippen molar-refractivity contribution in [3.63, 3.8) is 0 Å². The highest BCUT2D eigenvalue weighted by Gasteiger charge is 2.23. The molecular formula is C15H22N2O3S. The van der Waals surface area contributed by atoms with E-state index in [1.165, 1.54) is 12.1 Å². The van der Waals surface area contributed by atoms with E-state index in [0.29, 0.717) is 5.56 Å². The Morgan fingerprint density at radius 2 is 1.62 bits per heavy atom. The summed E-state index contributed by atoms with van der Waals surface area (Å²) >= 11 is 0. The molecule has 2 rings (SSSR count). The molecule has 1 fully saturated rings. The van der Waals surface area contributed by atoms with E-state index in [1.807, 2.05) is 0 Å². The summed E-state index contributed by atoms with van der Waals surface area (Å²) in [6.45, 7) is 6.93. The van der Waals surface area contributed by atoms with Crippen LogP contribution in [0.1, 0.15) is 44.0 Å². The van der Waals surface area contributed by atoms with E-state index in [4.69, 9.17) is 0 Å². The number of nitrogens with zero attached hydrogens (tertiary/aromatic N) is 1. The molecule has 116 valence electrons. The van der Waals surface area contributed by atoms with E-state index in [-0.39, 0.29) is 10.8 Å². The van der Waals surface area contributed by atoms with Crippen LogP contribution in [0.5, 0.6) is 0 Å². The number of carbonyl (C=O) groups excluding carboxylic acids is 1. The van der Waals surface area contributed by atoms with Gasteiger partial charge in [0.2, 0.25) is 10.0 Å². The molecule has 0 bridgehead atoms. The van der Waals surface area contributed by atoms with E-state index in [0.717, 1.165) is 25.9 Å². The van der Waals surface area contributed by atoms with Gasteiger partial charge in [0.1, 0.15) is 0 Å². The number of nitrogens with one attached hydrogen (secondary N) is 1. The maximum absolute atomic E-state index is 12.2. The first-order valence-corrected chi connectivity index (χ1v) is 8.61. The zero-order valence-corrected chi connectivity index (χ0v) is 13.5. The molecule has 0 unspecified atom stereocenters. The van der Waals surface area contributed by atoms with Crippen molar-refractivity contribution in [1.82, 2.24) is 9.62 Å². The first-order chi connectivity index (χ1) is 9.69. The molecule has 21 heavy (non-hydrogen) atoms. The standard InChI is InChI=1S/C15H22N2O3S/c1-15(2,3)16-21(19,20)13-8-6-12(7-9-13)14(18)17-10-4-5-11-17/h6-9,16H,4-5,10-11H2,1-3H3. The van der Waals surface area contributed by atoms with Gasteiger partial charge in [-0.05, 0) is 57.9 Å². The summed E-state index contributed by atoms with van der Waals surface area (Å²) in [5, 5.41) is 0. The molecule has 1 heterocycles. The molecule has 1 aliphatic heterocycles. The molecular weight excluding hydrogens is 288 g/mol. The van der Waals surface area contributed by atoms with Gasteiger partial charge in [0.25, 0.3) is 5.91 Å². The van der Waals surface area contributed by atoms with Gasteiger partial charge in [0.05, 0.1) is 4.90 Å². The average molecular weight is 310 g/mol. The van der Waals surface area contributed by atoms with Crippen LogP contribution in [-0.2, 0) is 10.0 Å². The Morgan fingerprint density at radius 1 is 1.10 bits per heavy atom. The Labute approximate surface area is 126 Å². The summed E-state index contributed by atoms with van der Waals surface area (Å²) in [5.74, 6) is -0.0276. The minimum Gasteiger partial charge on any atom is -0.339 e. The minimum absolute atomic E-state index is 0.0276. The molecule has 1 amide bonds. The van der Waals surface area contributed by atoms with Crippen molar-refractivity contribution >= 4 is 15.9 Å². The third-order valence-electron chi connectivity index (χ3n) is 3.25. The molecule has 0 atom stereocenters. The van der Waals surface area contributed by atoms with Crippen molar-refractivity contribution in [2.75, 3.05) is 13.1 Å². The first kappa shape index (κ1) is 16.0. The maximum Gasteiger partial charge on any atom is 0.253 e. The lowest BCUT2D eigenvalue weighted by molar-refractivity contribution is 0.0792. The number of amides is 1. The van der Waals surface area contributed by atoms with Crippen LogP contribution >= 0.6 is 0 Å². The Hall–Kier alpha value is -1.40. The van der Waals surface area contributed by atoms with Crippen molar-refractivity contribution in [3.05, 3.63) is 29.8 Å². The molecule has 0 saturated carbocycles. The number of sulfonamides is 1. The van der Waals surface area contributed by atoms with Crippen LogP contribution in [0.2, 0.25) is 0 Å². The summed E-state index contributed by atoms with van der Waals surface area (Å²) in [6.07, 6.45) is 2.07. The van der Waals surface area contributed by atoms with Crippen LogP contribution < -0.4 is 4.72 Å². The topological polar surface area (TPSA) is 66.5 Å². The van der Waals surface area contributed by atoms with Crippen molar-refractivity contribution in [3.8, 4) is 0 Å². The fourth-order valence-corrected chi connectivity index (χ4v) is 3.76.